The maximum Gasteiger partial charge on any atom is 0.0205 e. The van der Waals surface area contributed by atoms with E-state index in [1.54, 1.807) is 0 Å². The molecule has 0 aliphatic carbocycles. The van der Waals surface area contributed by atoms with Crippen LogP contribution in [0.2, 0.25) is 0 Å². The van der Waals surface area contributed by atoms with Crippen LogP contribution in [0, 0.1) is 5.41 Å². The van der Waals surface area contributed by atoms with Gasteiger partial charge in [-0.3, -0.25) is 0 Å². The maximum absolute atomic E-state index is 3.82. The van der Waals surface area contributed by atoms with Gasteiger partial charge >= 0.3 is 0 Å². The van der Waals surface area contributed by atoms with Gasteiger partial charge in [0.1, 0.15) is 0 Å². The van der Waals surface area contributed by atoms with Gasteiger partial charge in [0.25, 0.3) is 0 Å². The zero-order valence-corrected chi connectivity index (χ0v) is 9.09. The minimum Gasteiger partial charge on any atom is -0.312 e. The molecular formula is C13H19N. The van der Waals surface area contributed by atoms with Gasteiger partial charge in [-0.15, -0.1) is 6.58 Å². The molecule has 1 N–H and O–H groups in total. The Morgan fingerprint density at radius 3 is 2.50 bits per heavy atom. The lowest BCUT2D eigenvalue weighted by Crippen LogP contribution is -2.27. The van der Waals surface area contributed by atoms with Crippen LogP contribution in [0.15, 0.2) is 43.0 Å². The molecule has 1 rings (SSSR count). The molecule has 0 atom stereocenters. The monoisotopic (exact) mass is 189 g/mol. The third-order valence-corrected chi connectivity index (χ3v) is 2.31. The molecule has 0 unspecified atom stereocenters. The van der Waals surface area contributed by atoms with Gasteiger partial charge < -0.3 is 5.32 Å². The highest BCUT2D eigenvalue weighted by molar-refractivity contribution is 5.14. The summed E-state index contributed by atoms with van der Waals surface area (Å²) in [5.41, 5.74) is 1.50. The van der Waals surface area contributed by atoms with Gasteiger partial charge in [-0.1, -0.05) is 50.3 Å². The molecular weight excluding hydrogens is 170 g/mol. The minimum absolute atomic E-state index is 0.175. The van der Waals surface area contributed by atoms with Crippen molar-refractivity contribution in [2.45, 2.75) is 20.4 Å². The van der Waals surface area contributed by atoms with Crippen LogP contribution >= 0.6 is 0 Å². The van der Waals surface area contributed by atoms with Gasteiger partial charge in [0, 0.05) is 13.1 Å². The number of nitrogens with one attached hydrogen (secondary N) is 1. The van der Waals surface area contributed by atoms with Gasteiger partial charge in [0.2, 0.25) is 0 Å². The van der Waals surface area contributed by atoms with Crippen LogP contribution in [-0.2, 0) is 6.54 Å². The van der Waals surface area contributed by atoms with Crippen LogP contribution in [-0.4, -0.2) is 6.54 Å². The van der Waals surface area contributed by atoms with Crippen LogP contribution in [0.1, 0.15) is 19.4 Å². The van der Waals surface area contributed by atoms with Crippen molar-refractivity contribution in [2.24, 2.45) is 5.41 Å². The second-order valence-corrected chi connectivity index (χ2v) is 4.28. The molecule has 0 amide bonds. The van der Waals surface area contributed by atoms with E-state index in [9.17, 15) is 0 Å². The molecule has 76 valence electrons. The number of hydrogen-bond acceptors (Lipinski definition) is 1. The average molecular weight is 189 g/mol. The fourth-order valence-corrected chi connectivity index (χ4v) is 1.20. The second kappa shape index (κ2) is 4.97. The number of hydrogen-bond donors (Lipinski definition) is 1. The molecule has 1 aromatic rings. The van der Waals surface area contributed by atoms with Gasteiger partial charge in [-0.2, -0.15) is 0 Å². The topological polar surface area (TPSA) is 12.0 Å². The Labute approximate surface area is 86.8 Å². The van der Waals surface area contributed by atoms with Crippen molar-refractivity contribution < 1.29 is 0 Å². The first-order valence-electron chi connectivity index (χ1n) is 5.02. The molecule has 0 saturated heterocycles. The Bertz CT molecular complexity index is 275. The van der Waals surface area contributed by atoms with E-state index in [2.05, 4.69) is 50.0 Å². The van der Waals surface area contributed by atoms with E-state index in [4.69, 9.17) is 0 Å². The largest absolute Gasteiger partial charge is 0.312 e. The van der Waals surface area contributed by atoms with Gasteiger partial charge in [-0.05, 0) is 11.0 Å². The summed E-state index contributed by atoms with van der Waals surface area (Å²) in [6, 6.07) is 10.4. The Hall–Kier alpha value is -1.08. The third kappa shape index (κ3) is 3.75. The zero-order chi connectivity index (χ0) is 10.4. The summed E-state index contributed by atoms with van der Waals surface area (Å²) in [6.45, 7) is 10.1. The van der Waals surface area contributed by atoms with E-state index >= 15 is 0 Å². The predicted molar refractivity (Wildman–Crippen MR) is 62.1 cm³/mol. The smallest absolute Gasteiger partial charge is 0.0205 e. The number of rotatable bonds is 5. The van der Waals surface area contributed by atoms with Gasteiger partial charge in [0.05, 0.1) is 0 Å². The molecule has 0 aliphatic heterocycles. The van der Waals surface area contributed by atoms with Crippen molar-refractivity contribution >= 4 is 0 Å². The molecule has 0 fully saturated rings. The first-order valence-corrected chi connectivity index (χ1v) is 5.02. The van der Waals surface area contributed by atoms with Crippen LogP contribution in [0.5, 0.6) is 0 Å². The highest BCUT2D eigenvalue weighted by Crippen LogP contribution is 2.14. The zero-order valence-electron chi connectivity index (χ0n) is 9.09. The normalized spacial score (nSPS) is 11.3. The van der Waals surface area contributed by atoms with Gasteiger partial charge in [0.15, 0.2) is 0 Å². The molecule has 14 heavy (non-hydrogen) atoms. The summed E-state index contributed by atoms with van der Waals surface area (Å²) in [7, 11) is 0. The third-order valence-electron chi connectivity index (χ3n) is 2.31. The first-order chi connectivity index (χ1) is 6.64. The Morgan fingerprint density at radius 1 is 1.29 bits per heavy atom. The molecule has 1 heteroatoms. The minimum atomic E-state index is 0.175. The fraction of sp³-hybridized carbons (Fsp3) is 0.385. The molecule has 0 aliphatic rings. The summed E-state index contributed by atoms with van der Waals surface area (Å²) in [5, 5.41) is 3.42. The van der Waals surface area contributed by atoms with Crippen molar-refractivity contribution in [3.8, 4) is 0 Å². The van der Waals surface area contributed by atoms with E-state index in [-0.39, 0.29) is 5.41 Å². The standard InChI is InChI=1S/C13H19N/c1-4-13(2,3)11-14-10-12-8-6-5-7-9-12/h4-9,14H,1,10-11H2,2-3H3. The average Bonchev–Trinajstić information content (AvgIpc) is 2.19. The van der Waals surface area contributed by atoms with Crippen molar-refractivity contribution in [2.75, 3.05) is 6.54 Å². The van der Waals surface area contributed by atoms with E-state index in [0.717, 1.165) is 13.1 Å². The Morgan fingerprint density at radius 2 is 1.93 bits per heavy atom. The van der Waals surface area contributed by atoms with E-state index in [1.165, 1.54) is 5.56 Å². The summed E-state index contributed by atoms with van der Waals surface area (Å²) in [5.74, 6) is 0. The first kappa shape index (κ1) is 11.0. The second-order valence-electron chi connectivity index (χ2n) is 4.28. The summed E-state index contributed by atoms with van der Waals surface area (Å²) < 4.78 is 0. The molecule has 0 bridgehead atoms. The summed E-state index contributed by atoms with van der Waals surface area (Å²) in [4.78, 5) is 0. The Kier molecular flexibility index (Phi) is 3.90. The Balaban J connectivity index is 2.32. The van der Waals surface area contributed by atoms with E-state index < -0.39 is 0 Å². The van der Waals surface area contributed by atoms with E-state index in [0.29, 0.717) is 0 Å². The van der Waals surface area contributed by atoms with Crippen LogP contribution < -0.4 is 5.32 Å². The molecule has 1 aromatic carbocycles. The summed E-state index contributed by atoms with van der Waals surface area (Å²) >= 11 is 0. The molecule has 1 nitrogen and oxygen atoms in total. The fourth-order valence-electron chi connectivity index (χ4n) is 1.20. The number of benzene rings is 1. The summed E-state index contributed by atoms with van der Waals surface area (Å²) in [6.07, 6.45) is 1.99. The lowest BCUT2D eigenvalue weighted by atomic mass is 9.94. The predicted octanol–water partition coefficient (Wildman–Crippen LogP) is 2.99. The molecule has 0 heterocycles. The molecule has 0 radical (unpaired) electrons. The maximum atomic E-state index is 3.82. The SMILES string of the molecule is C=CC(C)(C)CNCc1ccccc1. The van der Waals surface area contributed by atoms with Crippen LogP contribution in [0.25, 0.3) is 0 Å². The highest BCUT2D eigenvalue weighted by Gasteiger charge is 2.11. The van der Waals surface area contributed by atoms with Crippen molar-refractivity contribution in [1.82, 2.24) is 5.32 Å². The van der Waals surface area contributed by atoms with Crippen molar-refractivity contribution in [3.05, 3.63) is 48.6 Å². The lowest BCUT2D eigenvalue weighted by Gasteiger charge is -2.20. The van der Waals surface area contributed by atoms with Crippen LogP contribution in [0.3, 0.4) is 0 Å². The van der Waals surface area contributed by atoms with Crippen molar-refractivity contribution in [3.63, 3.8) is 0 Å². The lowest BCUT2D eigenvalue weighted by molar-refractivity contribution is 0.433. The molecule has 0 saturated carbocycles. The molecule has 0 aromatic heterocycles. The quantitative estimate of drug-likeness (QED) is 0.702. The van der Waals surface area contributed by atoms with E-state index in [1.807, 2.05) is 12.1 Å². The van der Waals surface area contributed by atoms with Crippen LogP contribution in [0.4, 0.5) is 0 Å². The van der Waals surface area contributed by atoms with Crippen molar-refractivity contribution in [1.29, 1.82) is 0 Å². The molecule has 0 spiro atoms. The highest BCUT2D eigenvalue weighted by atomic mass is 14.9. The van der Waals surface area contributed by atoms with Gasteiger partial charge in [-0.25, -0.2) is 0 Å².